The zero-order valence-electron chi connectivity index (χ0n) is 15.6. The van der Waals surface area contributed by atoms with Crippen molar-refractivity contribution in [1.29, 1.82) is 0 Å². The molecule has 3 aromatic rings. The molecule has 8 nitrogen and oxygen atoms in total. The van der Waals surface area contributed by atoms with Crippen LogP contribution in [0, 0.1) is 6.92 Å². The van der Waals surface area contributed by atoms with E-state index in [1.807, 2.05) is 6.92 Å². The van der Waals surface area contributed by atoms with Crippen LogP contribution in [0.5, 0.6) is 0 Å². The Hall–Kier alpha value is -2.94. The second-order valence-corrected chi connectivity index (χ2v) is 8.72. The lowest BCUT2D eigenvalue weighted by Crippen LogP contribution is -2.25. The van der Waals surface area contributed by atoms with Crippen LogP contribution in [0.1, 0.15) is 35.1 Å². The van der Waals surface area contributed by atoms with Crippen molar-refractivity contribution in [3.8, 4) is 0 Å². The molecule has 0 radical (unpaired) electrons. The Kier molecular flexibility index (Phi) is 4.54. The molecule has 0 unspecified atom stereocenters. The predicted molar refractivity (Wildman–Crippen MR) is 106 cm³/mol. The van der Waals surface area contributed by atoms with Gasteiger partial charge in [0.2, 0.25) is 10.0 Å². The average molecular weight is 400 g/mol. The summed E-state index contributed by atoms with van der Waals surface area (Å²) >= 11 is 0. The molecule has 3 heterocycles. The number of amides is 1. The van der Waals surface area contributed by atoms with E-state index in [1.165, 1.54) is 4.31 Å². The molecule has 4 rings (SSSR count). The molecular weight excluding hydrogens is 380 g/mol. The summed E-state index contributed by atoms with van der Waals surface area (Å²) in [6.07, 6.45) is 1.28. The number of sulfonamides is 1. The van der Waals surface area contributed by atoms with Crippen LogP contribution in [-0.4, -0.2) is 36.8 Å². The summed E-state index contributed by atoms with van der Waals surface area (Å²) in [5, 5.41) is 7.36. The third kappa shape index (κ3) is 3.22. The highest BCUT2D eigenvalue weighted by molar-refractivity contribution is 7.93. The number of nitrogens with zero attached hydrogens (tertiary/aromatic N) is 3. The van der Waals surface area contributed by atoms with Gasteiger partial charge in [-0.05, 0) is 50.1 Å². The van der Waals surface area contributed by atoms with Crippen LogP contribution < -0.4 is 9.62 Å². The molecule has 0 atom stereocenters. The highest BCUT2D eigenvalue weighted by atomic mass is 32.2. The highest BCUT2D eigenvalue weighted by Crippen LogP contribution is 2.27. The fourth-order valence-corrected chi connectivity index (χ4v) is 4.91. The topological polar surface area (TPSA) is 105 Å². The quantitative estimate of drug-likeness (QED) is 0.722. The number of benzene rings is 1. The van der Waals surface area contributed by atoms with Crippen molar-refractivity contribution >= 4 is 38.4 Å². The van der Waals surface area contributed by atoms with Gasteiger partial charge >= 0.3 is 0 Å². The summed E-state index contributed by atoms with van der Waals surface area (Å²) in [5.74, 6) is -0.128. The number of carbonyl (C=O) groups excluding carboxylic acids is 1. The summed E-state index contributed by atoms with van der Waals surface area (Å²) in [6, 6.07) is 8.53. The van der Waals surface area contributed by atoms with Crippen LogP contribution in [0.3, 0.4) is 0 Å². The maximum absolute atomic E-state index is 12.9. The minimum Gasteiger partial charge on any atom is -0.336 e. The van der Waals surface area contributed by atoms with Crippen LogP contribution in [0.4, 0.5) is 11.4 Å². The molecule has 0 bridgehead atoms. The van der Waals surface area contributed by atoms with Crippen molar-refractivity contribution in [2.75, 3.05) is 21.9 Å². The van der Waals surface area contributed by atoms with E-state index < -0.39 is 10.0 Å². The molecule has 1 saturated heterocycles. The number of rotatable bonds is 4. The summed E-state index contributed by atoms with van der Waals surface area (Å²) in [6.45, 7) is 4.20. The van der Waals surface area contributed by atoms with E-state index in [2.05, 4.69) is 15.5 Å². The number of aryl methyl sites for hydroxylation is 2. The van der Waals surface area contributed by atoms with Gasteiger partial charge in [-0.3, -0.25) is 9.10 Å². The molecule has 0 spiro atoms. The van der Waals surface area contributed by atoms with Crippen molar-refractivity contribution in [3.05, 3.63) is 47.3 Å². The molecule has 2 aromatic heterocycles. The number of hydrogen-bond donors (Lipinski definition) is 1. The van der Waals surface area contributed by atoms with Gasteiger partial charge in [0.15, 0.2) is 0 Å². The van der Waals surface area contributed by atoms with E-state index in [-0.39, 0.29) is 11.7 Å². The normalized spacial score (nSPS) is 15.9. The zero-order valence-corrected chi connectivity index (χ0v) is 16.4. The second-order valence-electron chi connectivity index (χ2n) is 6.71. The van der Waals surface area contributed by atoms with Gasteiger partial charge in [-0.25, -0.2) is 13.4 Å². The van der Waals surface area contributed by atoms with E-state index in [0.29, 0.717) is 53.1 Å². The molecule has 146 valence electrons. The Morgan fingerprint density at radius 3 is 2.68 bits per heavy atom. The van der Waals surface area contributed by atoms with E-state index in [0.717, 1.165) is 5.69 Å². The second kappa shape index (κ2) is 6.90. The number of nitrogens with one attached hydrogen (secondary N) is 1. The number of carbonyl (C=O) groups is 1. The van der Waals surface area contributed by atoms with Crippen molar-refractivity contribution < 1.29 is 17.7 Å². The molecule has 1 amide bonds. The zero-order chi connectivity index (χ0) is 19.9. The Bertz CT molecular complexity index is 1150. The Labute approximate surface area is 162 Å². The van der Waals surface area contributed by atoms with E-state index in [1.54, 1.807) is 37.3 Å². The van der Waals surface area contributed by atoms with Crippen LogP contribution in [0.2, 0.25) is 0 Å². The SMILES string of the molecule is CCc1cc(C(=O)Nc2ccc(N3CCCS3(=O)=O)cc2)c2c(C)noc2n1. The van der Waals surface area contributed by atoms with E-state index in [9.17, 15) is 13.2 Å². The monoisotopic (exact) mass is 400 g/mol. The third-order valence-corrected chi connectivity index (χ3v) is 6.66. The molecule has 0 saturated carbocycles. The van der Waals surface area contributed by atoms with Crippen molar-refractivity contribution in [2.45, 2.75) is 26.7 Å². The Morgan fingerprint density at radius 1 is 1.29 bits per heavy atom. The van der Waals surface area contributed by atoms with Gasteiger partial charge in [0.25, 0.3) is 11.6 Å². The van der Waals surface area contributed by atoms with Crippen LogP contribution in [0.25, 0.3) is 11.1 Å². The summed E-state index contributed by atoms with van der Waals surface area (Å²) in [4.78, 5) is 17.2. The van der Waals surface area contributed by atoms with Crippen LogP contribution >= 0.6 is 0 Å². The maximum Gasteiger partial charge on any atom is 0.258 e. The molecule has 1 aromatic carbocycles. The number of anilines is 2. The first-order chi connectivity index (χ1) is 13.4. The maximum atomic E-state index is 12.9. The molecule has 1 N–H and O–H groups in total. The summed E-state index contributed by atoms with van der Waals surface area (Å²) in [7, 11) is -3.23. The lowest BCUT2D eigenvalue weighted by Gasteiger charge is -2.17. The van der Waals surface area contributed by atoms with Gasteiger partial charge in [0.1, 0.15) is 0 Å². The van der Waals surface area contributed by atoms with Crippen LogP contribution in [0.15, 0.2) is 34.9 Å². The summed E-state index contributed by atoms with van der Waals surface area (Å²) in [5.41, 5.74) is 3.31. The number of fused-ring (bicyclic) bond motifs is 1. The standard InChI is InChI=1S/C19H20N4O4S/c1-3-13-11-16(17-12(2)22-27-19(17)21-13)18(24)20-14-5-7-15(8-6-14)23-9-4-10-28(23,25)26/h5-8,11H,3-4,9-10H2,1-2H3,(H,20,24). The first kappa shape index (κ1) is 18.4. The molecule has 1 aliphatic rings. The molecule has 0 aliphatic carbocycles. The largest absolute Gasteiger partial charge is 0.336 e. The average Bonchev–Trinajstić information content (AvgIpc) is 3.23. The summed E-state index contributed by atoms with van der Waals surface area (Å²) < 4.78 is 30.7. The van der Waals surface area contributed by atoms with Crippen molar-refractivity contribution in [3.63, 3.8) is 0 Å². The first-order valence-electron chi connectivity index (χ1n) is 9.07. The van der Waals surface area contributed by atoms with Crippen LogP contribution in [-0.2, 0) is 16.4 Å². The highest BCUT2D eigenvalue weighted by Gasteiger charge is 2.28. The van der Waals surface area contributed by atoms with Gasteiger partial charge in [-0.15, -0.1) is 0 Å². The smallest absolute Gasteiger partial charge is 0.258 e. The lowest BCUT2D eigenvalue weighted by atomic mass is 10.1. The lowest BCUT2D eigenvalue weighted by molar-refractivity contribution is 0.102. The van der Waals surface area contributed by atoms with E-state index in [4.69, 9.17) is 4.52 Å². The predicted octanol–water partition coefficient (Wildman–Crippen LogP) is 2.89. The van der Waals surface area contributed by atoms with Gasteiger partial charge in [-0.1, -0.05) is 12.1 Å². The Morgan fingerprint density at radius 2 is 2.04 bits per heavy atom. The number of pyridine rings is 1. The third-order valence-electron chi connectivity index (χ3n) is 4.79. The fraction of sp³-hybridized carbons (Fsp3) is 0.316. The van der Waals surface area contributed by atoms with Gasteiger partial charge < -0.3 is 9.84 Å². The fourth-order valence-electron chi connectivity index (χ4n) is 3.34. The molecule has 1 aliphatic heterocycles. The van der Waals surface area contributed by atoms with Crippen molar-refractivity contribution in [1.82, 2.24) is 10.1 Å². The van der Waals surface area contributed by atoms with Gasteiger partial charge in [-0.2, -0.15) is 0 Å². The van der Waals surface area contributed by atoms with Gasteiger partial charge in [0.05, 0.1) is 28.1 Å². The Balaban J connectivity index is 1.61. The number of aromatic nitrogens is 2. The molecule has 1 fully saturated rings. The minimum absolute atomic E-state index is 0.168. The minimum atomic E-state index is -3.23. The molecule has 28 heavy (non-hydrogen) atoms. The van der Waals surface area contributed by atoms with Crippen molar-refractivity contribution in [2.24, 2.45) is 0 Å². The first-order valence-corrected chi connectivity index (χ1v) is 10.7. The molecular formula is C19H20N4O4S. The van der Waals surface area contributed by atoms with E-state index >= 15 is 0 Å². The molecule has 9 heteroatoms. The van der Waals surface area contributed by atoms with Gasteiger partial charge in [0, 0.05) is 17.9 Å². The number of hydrogen-bond acceptors (Lipinski definition) is 6.